The average Bonchev–Trinajstić information content (AvgIpc) is 4.30. The standard InChI is InChI=1S/C54H35N3/c1-3-15-36(16-4-1)37-29-32-40(33-30-37)55-48-25-10-7-19-42(48)45-23-13-22-41(53(45)55)38-31-34-51-47(35-38)44-21-9-12-27-50(44)57(51)52-28-14-24-46-43-20-8-11-26-49(43)56(54(46)52)39-17-5-2-6-18-39/h1-35H/i7D,8D,9D,10D,11D,12D,13D,14D,19D,20D,21D,22D,23D,24D,25D,26D,27D,28D,31D,34D,35D. The summed E-state index contributed by atoms with van der Waals surface area (Å²) in [5, 5.41) is -1.82. The first kappa shape index (κ1) is 17.5. The van der Waals surface area contributed by atoms with Gasteiger partial charge in [0, 0.05) is 49.3 Å². The van der Waals surface area contributed by atoms with Crippen LogP contribution in [0.15, 0.2) is 212 Å². The highest BCUT2D eigenvalue weighted by Gasteiger charge is 2.21. The lowest BCUT2D eigenvalue weighted by atomic mass is 9.99. The van der Waals surface area contributed by atoms with Gasteiger partial charge in [0.25, 0.3) is 0 Å². The zero-order valence-electron chi connectivity index (χ0n) is 50.4. The first-order valence-corrected chi connectivity index (χ1v) is 17.9. The predicted octanol–water partition coefficient (Wildman–Crippen LogP) is 14.3. The Kier molecular flexibility index (Phi) is 3.81. The lowest BCUT2D eigenvalue weighted by Gasteiger charge is -2.15. The predicted molar refractivity (Wildman–Crippen MR) is 240 cm³/mol. The van der Waals surface area contributed by atoms with Gasteiger partial charge in [-0.2, -0.15) is 0 Å². The van der Waals surface area contributed by atoms with Gasteiger partial charge in [0.2, 0.25) is 0 Å². The van der Waals surface area contributed by atoms with E-state index in [1.54, 1.807) is 54.6 Å². The summed E-state index contributed by atoms with van der Waals surface area (Å²) in [6.07, 6.45) is 0. The maximum atomic E-state index is 10.3. The minimum Gasteiger partial charge on any atom is -0.309 e. The summed E-state index contributed by atoms with van der Waals surface area (Å²) < 4.78 is 199. The molecule has 57 heavy (non-hydrogen) atoms. The molecule has 0 unspecified atom stereocenters. The monoisotopic (exact) mass is 746 g/mol. The Morgan fingerprint density at radius 1 is 0.316 bits per heavy atom. The van der Waals surface area contributed by atoms with Crippen molar-refractivity contribution in [2.75, 3.05) is 0 Å². The number of hydrogen-bond acceptors (Lipinski definition) is 0. The molecule has 0 amide bonds. The topological polar surface area (TPSA) is 14.8 Å². The Labute approximate surface area is 359 Å². The van der Waals surface area contributed by atoms with Gasteiger partial charge in [0.1, 0.15) is 0 Å². The molecule has 0 radical (unpaired) electrons. The van der Waals surface area contributed by atoms with E-state index in [2.05, 4.69) is 0 Å². The van der Waals surface area contributed by atoms with E-state index in [4.69, 9.17) is 9.60 Å². The van der Waals surface area contributed by atoms with Crippen LogP contribution in [0.3, 0.4) is 0 Å². The molecule has 0 atom stereocenters. The Balaban J connectivity index is 1.32. The van der Waals surface area contributed by atoms with Crippen LogP contribution in [0.2, 0.25) is 0 Å². The number of nitrogens with zero attached hydrogens (tertiary/aromatic N) is 3. The maximum Gasteiger partial charge on any atom is 0.0782 e. The first-order valence-electron chi connectivity index (χ1n) is 28.4. The highest BCUT2D eigenvalue weighted by Crippen LogP contribution is 2.43. The van der Waals surface area contributed by atoms with Crippen LogP contribution in [0.4, 0.5) is 0 Å². The number of aromatic nitrogens is 3. The van der Waals surface area contributed by atoms with Gasteiger partial charge < -0.3 is 13.7 Å². The van der Waals surface area contributed by atoms with Crippen molar-refractivity contribution in [2.24, 2.45) is 0 Å². The van der Waals surface area contributed by atoms with Crippen molar-refractivity contribution in [3.05, 3.63) is 212 Å². The van der Waals surface area contributed by atoms with Crippen LogP contribution in [0.25, 0.3) is 105 Å². The van der Waals surface area contributed by atoms with Crippen molar-refractivity contribution >= 4 is 65.4 Å². The van der Waals surface area contributed by atoms with Gasteiger partial charge in [-0.25, -0.2) is 0 Å². The summed E-state index contributed by atoms with van der Waals surface area (Å²) >= 11 is 0. The number of benzene rings is 9. The summed E-state index contributed by atoms with van der Waals surface area (Å²) in [7, 11) is 0. The van der Waals surface area contributed by atoms with Gasteiger partial charge in [0.05, 0.1) is 67.6 Å². The van der Waals surface area contributed by atoms with Crippen molar-refractivity contribution in [2.45, 2.75) is 0 Å². The molecule has 0 aliphatic rings. The fourth-order valence-corrected chi connectivity index (χ4v) is 7.86. The molecule has 0 spiro atoms. The third kappa shape index (κ3) is 4.73. The van der Waals surface area contributed by atoms with Crippen molar-refractivity contribution in [1.29, 1.82) is 0 Å². The fourth-order valence-electron chi connectivity index (χ4n) is 7.86. The zero-order valence-corrected chi connectivity index (χ0v) is 29.4. The summed E-state index contributed by atoms with van der Waals surface area (Å²) in [5.41, 5.74) is -1.15. The molecular formula is C54H35N3. The minimum absolute atomic E-state index is 0.175. The van der Waals surface area contributed by atoms with Crippen molar-refractivity contribution < 1.29 is 28.8 Å². The van der Waals surface area contributed by atoms with Crippen LogP contribution in [0, 0.1) is 0 Å². The Morgan fingerprint density at radius 2 is 0.807 bits per heavy atom. The summed E-state index contributed by atoms with van der Waals surface area (Å²) in [4.78, 5) is 0. The number of fused-ring (bicyclic) bond motifs is 9. The second kappa shape index (κ2) is 12.5. The largest absolute Gasteiger partial charge is 0.309 e. The Bertz CT molecular complexity index is 4720. The van der Waals surface area contributed by atoms with Crippen LogP contribution in [-0.2, 0) is 0 Å². The molecular weight excluding hydrogens is 691 g/mol. The van der Waals surface area contributed by atoms with E-state index in [0.29, 0.717) is 0 Å². The first-order chi connectivity index (χ1) is 37.1. The second-order valence-corrected chi connectivity index (χ2v) is 13.3. The van der Waals surface area contributed by atoms with Gasteiger partial charge in [-0.1, -0.05) is 151 Å². The maximum absolute atomic E-state index is 10.3. The van der Waals surface area contributed by atoms with Crippen molar-refractivity contribution in [3.63, 3.8) is 0 Å². The molecule has 0 saturated carbocycles. The fraction of sp³-hybridized carbons (Fsp3) is 0. The minimum atomic E-state index is -0.844. The second-order valence-electron chi connectivity index (χ2n) is 13.3. The van der Waals surface area contributed by atoms with Crippen LogP contribution in [0.5, 0.6) is 0 Å². The SMILES string of the molecule is [2H]c1c([2H])c([2H])c2c(c1[2H])c1c([2H])c([2H])c([2H])c(-c3c([2H])c([2H])c4c(c3[2H])c3c([2H])c([2H])c([2H])c([2H])c3n4-c3c([2H])c([2H])c([2H])c4c5c([2H])c([2H])c([2H])c([2H])c5n(-c5ccccc5)c34)c1n2-c1ccc(-c2ccccc2)cc1. The lowest BCUT2D eigenvalue weighted by Crippen LogP contribution is -2.00. The van der Waals surface area contributed by atoms with Crippen molar-refractivity contribution in [3.8, 4) is 39.3 Å². The summed E-state index contributed by atoms with van der Waals surface area (Å²) in [6, 6.07) is 9.31. The van der Waals surface area contributed by atoms with Gasteiger partial charge in [-0.05, 0) is 77.2 Å². The molecule has 0 fully saturated rings. The molecule has 0 aliphatic carbocycles. The third-order valence-corrected chi connectivity index (χ3v) is 10.3. The summed E-state index contributed by atoms with van der Waals surface area (Å²) in [5.74, 6) is 0. The van der Waals surface area contributed by atoms with Crippen LogP contribution in [-0.4, -0.2) is 13.7 Å². The molecule has 0 aliphatic heterocycles. The molecule has 266 valence electrons. The molecule has 3 heterocycles. The molecule has 0 saturated heterocycles. The van der Waals surface area contributed by atoms with Gasteiger partial charge in [-0.3, -0.25) is 0 Å². The number of hydrogen-bond donors (Lipinski definition) is 0. The molecule has 3 heteroatoms. The normalized spacial score (nSPS) is 17.0. The van der Waals surface area contributed by atoms with E-state index in [-0.39, 0.29) is 55.0 Å². The van der Waals surface area contributed by atoms with E-state index >= 15 is 0 Å². The quantitative estimate of drug-likeness (QED) is 0.167. The molecule has 3 aromatic heterocycles. The number of para-hydroxylation sites is 6. The molecule has 0 N–H and O–H groups in total. The van der Waals surface area contributed by atoms with Crippen LogP contribution in [0.1, 0.15) is 28.8 Å². The number of rotatable bonds is 5. The highest BCUT2D eigenvalue weighted by molar-refractivity contribution is 6.17. The Morgan fingerprint density at radius 3 is 1.49 bits per heavy atom. The van der Waals surface area contributed by atoms with Crippen molar-refractivity contribution in [1.82, 2.24) is 13.7 Å². The third-order valence-electron chi connectivity index (χ3n) is 10.3. The zero-order chi connectivity index (χ0) is 55.7. The van der Waals surface area contributed by atoms with E-state index < -0.39 is 166 Å². The smallest absolute Gasteiger partial charge is 0.0782 e. The van der Waals surface area contributed by atoms with E-state index in [1.807, 2.05) is 30.3 Å². The molecule has 0 bridgehead atoms. The van der Waals surface area contributed by atoms with Crippen LogP contribution < -0.4 is 0 Å². The summed E-state index contributed by atoms with van der Waals surface area (Å²) in [6.45, 7) is 0. The van der Waals surface area contributed by atoms with Crippen LogP contribution >= 0.6 is 0 Å². The average molecular weight is 747 g/mol. The molecule has 9 aromatic carbocycles. The lowest BCUT2D eigenvalue weighted by molar-refractivity contribution is 1.13. The Hall–Kier alpha value is -7.62. The van der Waals surface area contributed by atoms with E-state index in [9.17, 15) is 19.2 Å². The van der Waals surface area contributed by atoms with Gasteiger partial charge >= 0.3 is 0 Å². The van der Waals surface area contributed by atoms with E-state index in [0.717, 1.165) is 15.7 Å². The van der Waals surface area contributed by atoms with Gasteiger partial charge in [-0.15, -0.1) is 0 Å². The molecule has 3 nitrogen and oxygen atoms in total. The molecule has 12 aromatic rings. The van der Waals surface area contributed by atoms with E-state index in [1.165, 1.54) is 9.13 Å². The van der Waals surface area contributed by atoms with Gasteiger partial charge in [0.15, 0.2) is 0 Å². The highest BCUT2D eigenvalue weighted by atomic mass is 15.1. The molecule has 12 rings (SSSR count).